The summed E-state index contributed by atoms with van der Waals surface area (Å²) >= 11 is 0. The molecular formula is C13H20N4. The molecule has 2 N–H and O–H groups in total. The Balaban J connectivity index is 2.91. The lowest BCUT2D eigenvalue weighted by molar-refractivity contribution is 0.571. The first-order valence-corrected chi connectivity index (χ1v) is 5.87. The van der Waals surface area contributed by atoms with Crippen molar-refractivity contribution in [2.75, 3.05) is 0 Å². The summed E-state index contributed by atoms with van der Waals surface area (Å²) in [5.74, 6) is 0.812. The minimum Gasteiger partial charge on any atom is -0.335 e. The molecular weight excluding hydrogens is 212 g/mol. The van der Waals surface area contributed by atoms with Gasteiger partial charge in [-0.2, -0.15) is 0 Å². The zero-order chi connectivity index (χ0) is 12.8. The van der Waals surface area contributed by atoms with Crippen LogP contribution in [0.2, 0.25) is 0 Å². The molecule has 0 radical (unpaired) electrons. The summed E-state index contributed by atoms with van der Waals surface area (Å²) in [6, 6.07) is 0. The van der Waals surface area contributed by atoms with Crippen LogP contribution < -0.4 is 5.73 Å². The van der Waals surface area contributed by atoms with Crippen molar-refractivity contribution in [1.29, 1.82) is 0 Å². The first-order chi connectivity index (χ1) is 7.84. The Bertz CT molecular complexity index is 561. The lowest BCUT2D eigenvalue weighted by Gasteiger charge is -2.19. The van der Waals surface area contributed by atoms with Gasteiger partial charge in [-0.25, -0.2) is 9.97 Å². The quantitative estimate of drug-likeness (QED) is 0.818. The van der Waals surface area contributed by atoms with Gasteiger partial charge in [0, 0.05) is 30.6 Å². The van der Waals surface area contributed by atoms with E-state index in [1.54, 1.807) is 0 Å². The summed E-state index contributed by atoms with van der Waals surface area (Å²) in [6.07, 6.45) is 2.05. The van der Waals surface area contributed by atoms with Gasteiger partial charge in [0.05, 0.1) is 5.69 Å². The fraction of sp³-hybridized carbons (Fsp3) is 0.538. The lowest BCUT2D eigenvalue weighted by Crippen LogP contribution is -2.16. The third kappa shape index (κ3) is 1.93. The van der Waals surface area contributed by atoms with Crippen molar-refractivity contribution in [3.8, 4) is 0 Å². The second kappa shape index (κ2) is 3.81. The van der Waals surface area contributed by atoms with Crippen LogP contribution in [-0.4, -0.2) is 14.5 Å². The molecule has 0 unspecified atom stereocenters. The Morgan fingerprint density at radius 1 is 1.29 bits per heavy atom. The topological polar surface area (TPSA) is 56.7 Å². The number of rotatable bonds is 1. The van der Waals surface area contributed by atoms with Crippen LogP contribution in [0.3, 0.4) is 0 Å². The molecule has 2 aromatic rings. The summed E-state index contributed by atoms with van der Waals surface area (Å²) in [7, 11) is 2.00. The Morgan fingerprint density at radius 2 is 1.94 bits per heavy atom. The van der Waals surface area contributed by atoms with E-state index >= 15 is 0 Å². The average molecular weight is 232 g/mol. The van der Waals surface area contributed by atoms with E-state index in [0.29, 0.717) is 6.54 Å². The minimum atomic E-state index is -0.00275. The van der Waals surface area contributed by atoms with Gasteiger partial charge < -0.3 is 10.3 Å². The number of aromatic nitrogens is 3. The molecule has 0 saturated heterocycles. The molecule has 0 aliphatic rings. The molecule has 4 heteroatoms. The third-order valence-electron chi connectivity index (χ3n) is 2.94. The molecule has 0 aliphatic heterocycles. The molecule has 0 aliphatic carbocycles. The van der Waals surface area contributed by atoms with E-state index in [1.165, 1.54) is 0 Å². The minimum absolute atomic E-state index is 0.00275. The second-order valence-corrected chi connectivity index (χ2v) is 5.54. The summed E-state index contributed by atoms with van der Waals surface area (Å²) < 4.78 is 2.03. The first kappa shape index (κ1) is 12.0. The maximum atomic E-state index is 5.81. The Labute approximate surface area is 102 Å². The molecule has 0 bridgehead atoms. The average Bonchev–Trinajstić information content (AvgIpc) is 2.53. The zero-order valence-corrected chi connectivity index (χ0v) is 11.2. The predicted molar refractivity (Wildman–Crippen MR) is 69.8 cm³/mol. The van der Waals surface area contributed by atoms with E-state index in [2.05, 4.69) is 30.7 Å². The third-order valence-corrected chi connectivity index (χ3v) is 2.94. The van der Waals surface area contributed by atoms with Gasteiger partial charge in [-0.15, -0.1) is 0 Å². The van der Waals surface area contributed by atoms with E-state index in [9.17, 15) is 0 Å². The van der Waals surface area contributed by atoms with Crippen LogP contribution in [-0.2, 0) is 19.0 Å². The molecule has 2 aromatic heterocycles. The SMILES string of the molecule is Cc1nc(C(C)(C)C)c2c(CN)cn(C)c2n1. The standard InChI is InChI=1S/C13H20N4/c1-8-15-11(13(2,3)4)10-9(6-14)7-17(5)12(10)16-8/h7H,6,14H2,1-5H3. The molecule has 4 nitrogen and oxygen atoms in total. The van der Waals surface area contributed by atoms with Gasteiger partial charge in [-0.05, 0) is 12.5 Å². The van der Waals surface area contributed by atoms with E-state index in [-0.39, 0.29) is 5.41 Å². The van der Waals surface area contributed by atoms with Crippen molar-refractivity contribution >= 4 is 11.0 Å². The van der Waals surface area contributed by atoms with Crippen LogP contribution in [0.4, 0.5) is 0 Å². The molecule has 2 heterocycles. The van der Waals surface area contributed by atoms with Gasteiger partial charge in [0.2, 0.25) is 0 Å². The maximum absolute atomic E-state index is 5.81. The van der Waals surface area contributed by atoms with Gasteiger partial charge in [0.25, 0.3) is 0 Å². The van der Waals surface area contributed by atoms with Crippen LogP contribution in [0.1, 0.15) is 37.9 Å². The van der Waals surface area contributed by atoms with E-state index in [0.717, 1.165) is 28.1 Å². The highest BCUT2D eigenvalue weighted by atomic mass is 15.0. The van der Waals surface area contributed by atoms with Gasteiger partial charge in [0.1, 0.15) is 11.5 Å². The molecule has 2 rings (SSSR count). The fourth-order valence-electron chi connectivity index (χ4n) is 2.17. The summed E-state index contributed by atoms with van der Waals surface area (Å²) in [6.45, 7) is 8.96. The normalized spacial score (nSPS) is 12.4. The first-order valence-electron chi connectivity index (χ1n) is 5.87. The van der Waals surface area contributed by atoms with Crippen molar-refractivity contribution in [2.45, 2.75) is 39.7 Å². The highest BCUT2D eigenvalue weighted by Crippen LogP contribution is 2.30. The number of nitrogens with two attached hydrogens (primary N) is 1. The van der Waals surface area contributed by atoms with Gasteiger partial charge in [-0.3, -0.25) is 0 Å². The number of nitrogens with zero attached hydrogens (tertiary/aromatic N) is 3. The lowest BCUT2D eigenvalue weighted by atomic mass is 9.89. The summed E-state index contributed by atoms with van der Waals surface area (Å²) in [4.78, 5) is 9.13. The van der Waals surface area contributed by atoms with E-state index in [4.69, 9.17) is 5.73 Å². The molecule has 0 saturated carbocycles. The molecule has 17 heavy (non-hydrogen) atoms. The summed E-state index contributed by atoms with van der Waals surface area (Å²) in [5, 5.41) is 1.12. The van der Waals surface area contributed by atoms with Crippen molar-refractivity contribution in [1.82, 2.24) is 14.5 Å². The smallest absolute Gasteiger partial charge is 0.143 e. The molecule has 0 spiro atoms. The van der Waals surface area contributed by atoms with Crippen molar-refractivity contribution in [3.05, 3.63) is 23.3 Å². The van der Waals surface area contributed by atoms with Crippen LogP contribution in [0.25, 0.3) is 11.0 Å². The number of hydrogen-bond acceptors (Lipinski definition) is 3. The summed E-state index contributed by atoms with van der Waals surface area (Å²) in [5.41, 5.74) is 8.98. The van der Waals surface area contributed by atoms with Crippen LogP contribution >= 0.6 is 0 Å². The number of aryl methyl sites for hydroxylation is 2. The van der Waals surface area contributed by atoms with Gasteiger partial charge in [0.15, 0.2) is 0 Å². The van der Waals surface area contributed by atoms with Crippen LogP contribution in [0.5, 0.6) is 0 Å². The fourth-order valence-corrected chi connectivity index (χ4v) is 2.17. The highest BCUT2D eigenvalue weighted by molar-refractivity contribution is 5.84. The highest BCUT2D eigenvalue weighted by Gasteiger charge is 2.23. The van der Waals surface area contributed by atoms with E-state index in [1.807, 2.05) is 24.7 Å². The number of hydrogen-bond donors (Lipinski definition) is 1. The Hall–Kier alpha value is -1.42. The Morgan fingerprint density at radius 3 is 2.47 bits per heavy atom. The van der Waals surface area contributed by atoms with Gasteiger partial charge in [-0.1, -0.05) is 20.8 Å². The number of fused-ring (bicyclic) bond motifs is 1. The molecule has 92 valence electrons. The van der Waals surface area contributed by atoms with E-state index < -0.39 is 0 Å². The van der Waals surface area contributed by atoms with Crippen molar-refractivity contribution in [2.24, 2.45) is 12.8 Å². The van der Waals surface area contributed by atoms with Crippen molar-refractivity contribution in [3.63, 3.8) is 0 Å². The molecule has 0 amide bonds. The van der Waals surface area contributed by atoms with Crippen LogP contribution in [0, 0.1) is 6.92 Å². The van der Waals surface area contributed by atoms with Crippen molar-refractivity contribution < 1.29 is 0 Å². The predicted octanol–water partition coefficient (Wildman–Crippen LogP) is 2.03. The molecule has 0 aromatic carbocycles. The largest absolute Gasteiger partial charge is 0.335 e. The molecule has 0 atom stereocenters. The van der Waals surface area contributed by atoms with Crippen LogP contribution in [0.15, 0.2) is 6.20 Å². The monoisotopic (exact) mass is 232 g/mol. The molecule has 0 fully saturated rings. The Kier molecular flexibility index (Phi) is 2.70. The van der Waals surface area contributed by atoms with Gasteiger partial charge >= 0.3 is 0 Å². The maximum Gasteiger partial charge on any atom is 0.143 e. The second-order valence-electron chi connectivity index (χ2n) is 5.54. The zero-order valence-electron chi connectivity index (χ0n) is 11.2.